The Kier molecular flexibility index (Phi) is 12.3. The van der Waals surface area contributed by atoms with Gasteiger partial charge in [0.2, 0.25) is 0 Å². The van der Waals surface area contributed by atoms with Gasteiger partial charge in [0, 0.05) is 23.0 Å². The van der Waals surface area contributed by atoms with Crippen LogP contribution in [0, 0.1) is 11.6 Å². The highest BCUT2D eigenvalue weighted by molar-refractivity contribution is 9.08. The average Bonchev–Trinajstić information content (AvgIpc) is 3.61. The van der Waals surface area contributed by atoms with E-state index in [0.29, 0.717) is 51.2 Å². The van der Waals surface area contributed by atoms with Crippen molar-refractivity contribution in [2.24, 2.45) is 0 Å². The lowest BCUT2D eigenvalue weighted by Gasteiger charge is -2.19. The molecule has 242 valence electrons. The molecule has 0 saturated carbocycles. The minimum absolute atomic E-state index is 0.311. The van der Waals surface area contributed by atoms with E-state index in [1.54, 1.807) is 67.8 Å². The topological polar surface area (TPSA) is 74.3 Å². The van der Waals surface area contributed by atoms with Gasteiger partial charge in [-0.15, -0.1) is 0 Å². The van der Waals surface area contributed by atoms with Crippen LogP contribution in [0.5, 0.6) is 11.5 Å². The van der Waals surface area contributed by atoms with Crippen molar-refractivity contribution in [3.63, 3.8) is 0 Å². The number of likely N-dealkylation sites (tertiary alicyclic amines) is 1. The van der Waals surface area contributed by atoms with Crippen LogP contribution < -0.4 is 9.47 Å². The number of alkyl halides is 1. The lowest BCUT2D eigenvalue weighted by Crippen LogP contribution is -2.19. The number of halogens is 3. The van der Waals surface area contributed by atoms with Crippen molar-refractivity contribution < 1.29 is 37.3 Å². The SMILES string of the molecule is COC(=O)c1ccc(-c2cc(OC)ccc2F)c(CBr)c1.COC(=O)c1ccc(-c2cc(OC)ccc2F)c(CN2CCCC2)c1. The van der Waals surface area contributed by atoms with Gasteiger partial charge >= 0.3 is 11.9 Å². The van der Waals surface area contributed by atoms with Crippen LogP contribution in [0.1, 0.15) is 44.7 Å². The van der Waals surface area contributed by atoms with Crippen molar-refractivity contribution in [2.75, 3.05) is 41.5 Å². The van der Waals surface area contributed by atoms with Crippen molar-refractivity contribution in [1.29, 1.82) is 0 Å². The third-order valence-electron chi connectivity index (χ3n) is 7.72. The van der Waals surface area contributed by atoms with E-state index in [4.69, 9.17) is 18.9 Å². The summed E-state index contributed by atoms with van der Waals surface area (Å²) < 4.78 is 48.4. The number of carbonyl (C=O) groups excluding carboxylic acids is 2. The molecule has 5 rings (SSSR count). The Balaban J connectivity index is 0.000000212. The Hall–Kier alpha value is -4.28. The molecule has 1 aliphatic rings. The summed E-state index contributed by atoms with van der Waals surface area (Å²) >= 11 is 3.37. The van der Waals surface area contributed by atoms with E-state index in [2.05, 4.69) is 20.8 Å². The molecule has 0 radical (unpaired) electrons. The molecule has 46 heavy (non-hydrogen) atoms. The number of carbonyl (C=O) groups is 2. The highest BCUT2D eigenvalue weighted by Gasteiger charge is 2.19. The minimum Gasteiger partial charge on any atom is -0.497 e. The minimum atomic E-state index is -0.421. The molecule has 0 unspecified atom stereocenters. The largest absolute Gasteiger partial charge is 0.497 e. The summed E-state index contributed by atoms with van der Waals surface area (Å²) in [6.07, 6.45) is 2.33. The highest BCUT2D eigenvalue weighted by atomic mass is 79.9. The molecule has 7 nitrogen and oxygen atoms in total. The first-order chi connectivity index (χ1) is 22.2. The standard InChI is InChI=1S/C20H22FNO3.C16H14BrFO3/c1-24-16-6-8-19(21)18(12-16)17-7-5-14(20(23)25-2)11-15(17)13-22-9-3-4-10-22;1-20-12-4-6-15(18)14(8-12)13-5-3-10(16(19)21-2)7-11(13)9-17/h5-8,11-12H,3-4,9-10,13H2,1-2H3;3-8H,9H2,1-2H3. The summed E-state index contributed by atoms with van der Waals surface area (Å²) in [5.41, 5.74) is 5.00. The fourth-order valence-electron chi connectivity index (χ4n) is 5.30. The molecular formula is C36H36BrF2NO6. The van der Waals surface area contributed by atoms with Crippen molar-refractivity contribution in [3.8, 4) is 33.8 Å². The van der Waals surface area contributed by atoms with Crippen LogP contribution in [0.25, 0.3) is 22.3 Å². The molecule has 1 heterocycles. The molecule has 0 aliphatic carbocycles. The zero-order valence-electron chi connectivity index (χ0n) is 26.2. The second kappa shape index (κ2) is 16.3. The van der Waals surface area contributed by atoms with Gasteiger partial charge < -0.3 is 18.9 Å². The second-order valence-corrected chi connectivity index (χ2v) is 11.1. The smallest absolute Gasteiger partial charge is 0.337 e. The van der Waals surface area contributed by atoms with E-state index >= 15 is 0 Å². The number of hydrogen-bond donors (Lipinski definition) is 0. The Labute approximate surface area is 276 Å². The summed E-state index contributed by atoms with van der Waals surface area (Å²) in [7, 11) is 5.77. The van der Waals surface area contributed by atoms with Crippen LogP contribution in [-0.2, 0) is 21.3 Å². The van der Waals surface area contributed by atoms with Crippen molar-refractivity contribution in [1.82, 2.24) is 4.90 Å². The molecule has 1 aliphatic heterocycles. The maximum Gasteiger partial charge on any atom is 0.337 e. The van der Waals surface area contributed by atoms with Crippen LogP contribution in [0.2, 0.25) is 0 Å². The van der Waals surface area contributed by atoms with Gasteiger partial charge in [-0.2, -0.15) is 0 Å². The molecule has 10 heteroatoms. The number of esters is 2. The molecule has 0 N–H and O–H groups in total. The first kappa shape index (κ1) is 34.6. The predicted molar refractivity (Wildman–Crippen MR) is 177 cm³/mol. The van der Waals surface area contributed by atoms with Crippen LogP contribution in [0.3, 0.4) is 0 Å². The number of nitrogens with zero attached hydrogens (tertiary/aromatic N) is 1. The first-order valence-corrected chi connectivity index (χ1v) is 15.7. The number of hydrogen-bond acceptors (Lipinski definition) is 7. The summed E-state index contributed by atoms with van der Waals surface area (Å²) in [5.74, 6) is -0.294. The third kappa shape index (κ3) is 8.30. The molecule has 4 aromatic rings. The maximum absolute atomic E-state index is 14.4. The molecule has 1 fully saturated rings. The second-order valence-electron chi connectivity index (χ2n) is 10.5. The van der Waals surface area contributed by atoms with Gasteiger partial charge in [-0.05, 0) is 109 Å². The van der Waals surface area contributed by atoms with Gasteiger partial charge in [0.25, 0.3) is 0 Å². The maximum atomic E-state index is 14.4. The van der Waals surface area contributed by atoms with Gasteiger partial charge in [0.05, 0.1) is 39.6 Å². The summed E-state index contributed by atoms with van der Waals surface area (Å²) in [5, 5.41) is 0.490. The normalized spacial score (nSPS) is 12.6. The van der Waals surface area contributed by atoms with E-state index in [9.17, 15) is 18.4 Å². The lowest BCUT2D eigenvalue weighted by molar-refractivity contribution is 0.0591. The summed E-state index contributed by atoms with van der Waals surface area (Å²) in [4.78, 5) is 25.8. The monoisotopic (exact) mass is 695 g/mol. The number of ether oxygens (including phenoxy) is 4. The van der Waals surface area contributed by atoms with Crippen LogP contribution in [0.15, 0.2) is 72.8 Å². The fraction of sp³-hybridized carbons (Fsp3) is 0.278. The van der Waals surface area contributed by atoms with E-state index in [-0.39, 0.29) is 17.6 Å². The molecule has 0 aromatic heterocycles. The lowest BCUT2D eigenvalue weighted by atomic mass is 9.96. The third-order valence-corrected chi connectivity index (χ3v) is 8.32. The van der Waals surface area contributed by atoms with Crippen molar-refractivity contribution in [2.45, 2.75) is 24.7 Å². The predicted octanol–water partition coefficient (Wildman–Crippen LogP) is 8.07. The van der Waals surface area contributed by atoms with E-state index in [1.807, 2.05) is 0 Å². The van der Waals surface area contributed by atoms with Gasteiger partial charge in [-0.3, -0.25) is 4.90 Å². The highest BCUT2D eigenvalue weighted by Crippen LogP contribution is 2.33. The fourth-order valence-corrected chi connectivity index (χ4v) is 5.77. The molecular weight excluding hydrogens is 660 g/mol. The number of benzene rings is 4. The van der Waals surface area contributed by atoms with Gasteiger partial charge in [-0.1, -0.05) is 28.1 Å². The van der Waals surface area contributed by atoms with Crippen LogP contribution in [-0.4, -0.2) is 58.4 Å². The molecule has 1 saturated heterocycles. The van der Waals surface area contributed by atoms with Gasteiger partial charge in [0.1, 0.15) is 23.1 Å². The van der Waals surface area contributed by atoms with E-state index in [1.165, 1.54) is 46.3 Å². The first-order valence-electron chi connectivity index (χ1n) is 14.6. The van der Waals surface area contributed by atoms with Crippen molar-refractivity contribution >= 4 is 27.9 Å². The zero-order chi connectivity index (χ0) is 33.2. The number of rotatable bonds is 9. The van der Waals surface area contributed by atoms with E-state index < -0.39 is 5.97 Å². The zero-order valence-corrected chi connectivity index (χ0v) is 27.8. The Morgan fingerprint density at radius 3 is 1.54 bits per heavy atom. The van der Waals surface area contributed by atoms with Gasteiger partial charge in [-0.25, -0.2) is 18.4 Å². The summed E-state index contributed by atoms with van der Waals surface area (Å²) in [6.45, 7) is 2.71. The molecule has 0 amide bonds. The van der Waals surface area contributed by atoms with Crippen molar-refractivity contribution in [3.05, 3.63) is 107 Å². The molecule has 0 spiro atoms. The van der Waals surface area contributed by atoms with Gasteiger partial charge in [0.15, 0.2) is 0 Å². The molecule has 0 bridgehead atoms. The summed E-state index contributed by atoms with van der Waals surface area (Å²) in [6, 6.07) is 19.5. The number of methoxy groups -OCH3 is 4. The quantitative estimate of drug-likeness (QED) is 0.130. The van der Waals surface area contributed by atoms with Crippen LogP contribution in [0.4, 0.5) is 8.78 Å². The Morgan fingerprint density at radius 1 is 0.652 bits per heavy atom. The van der Waals surface area contributed by atoms with E-state index in [0.717, 1.165) is 29.8 Å². The molecule has 0 atom stereocenters. The molecule has 4 aromatic carbocycles. The van der Waals surface area contributed by atoms with Crippen LogP contribution >= 0.6 is 15.9 Å². The Morgan fingerprint density at radius 2 is 1.11 bits per heavy atom. The Bertz CT molecular complexity index is 1690. The average molecular weight is 697 g/mol.